The Balaban J connectivity index is 1.60. The third-order valence-electron chi connectivity index (χ3n) is 6.58. The predicted molar refractivity (Wildman–Crippen MR) is 163 cm³/mol. The van der Waals surface area contributed by atoms with E-state index in [2.05, 4.69) is 5.10 Å². The van der Waals surface area contributed by atoms with Gasteiger partial charge in [-0.25, -0.2) is 9.79 Å². The summed E-state index contributed by atoms with van der Waals surface area (Å²) in [4.78, 5) is 35.5. The third-order valence-corrected chi connectivity index (χ3v) is 6.81. The Kier molecular flexibility index (Phi) is 8.21. The van der Waals surface area contributed by atoms with E-state index in [1.807, 2.05) is 86.3 Å². The van der Waals surface area contributed by atoms with Crippen molar-refractivity contribution in [1.29, 1.82) is 0 Å². The van der Waals surface area contributed by atoms with Crippen LogP contribution in [0, 0.1) is 0 Å². The highest BCUT2D eigenvalue weighted by atomic mass is 35.5. The summed E-state index contributed by atoms with van der Waals surface area (Å²) in [6.45, 7) is 7.43. The number of halogens is 1. The smallest absolute Gasteiger partial charge is 0.410 e. The van der Waals surface area contributed by atoms with Gasteiger partial charge < -0.3 is 14.5 Å². The zero-order chi connectivity index (χ0) is 29.0. The van der Waals surface area contributed by atoms with Gasteiger partial charge in [0.05, 0.1) is 23.3 Å². The molecule has 0 bridgehead atoms. The molecule has 1 amide bonds. The molecule has 0 atom stereocenters. The predicted octanol–water partition coefficient (Wildman–Crippen LogP) is 6.11. The van der Waals surface area contributed by atoms with E-state index in [0.717, 1.165) is 11.1 Å². The van der Waals surface area contributed by atoms with Crippen molar-refractivity contribution < 1.29 is 9.53 Å². The molecule has 3 aromatic carbocycles. The van der Waals surface area contributed by atoms with Crippen molar-refractivity contribution in [3.8, 4) is 5.69 Å². The summed E-state index contributed by atoms with van der Waals surface area (Å²) < 4.78 is 6.87. The fourth-order valence-corrected chi connectivity index (χ4v) is 4.80. The van der Waals surface area contributed by atoms with E-state index >= 15 is 0 Å². The first-order valence-corrected chi connectivity index (χ1v) is 13.9. The lowest BCUT2D eigenvalue weighted by molar-refractivity contribution is 0.0240. The maximum atomic E-state index is 14.1. The molecule has 0 radical (unpaired) electrons. The topological polar surface area (TPSA) is 80.0 Å². The highest BCUT2D eigenvalue weighted by Gasteiger charge is 2.28. The summed E-state index contributed by atoms with van der Waals surface area (Å²) in [7, 11) is 0. The van der Waals surface area contributed by atoms with Crippen LogP contribution in [0.5, 0.6) is 0 Å². The van der Waals surface area contributed by atoms with E-state index < -0.39 is 5.60 Å². The molecule has 2 heterocycles. The average Bonchev–Trinajstić information content (AvgIpc) is 2.96. The number of carbonyl (C=O) groups excluding carboxylic acids is 1. The van der Waals surface area contributed by atoms with Crippen molar-refractivity contribution in [2.24, 2.45) is 4.99 Å². The van der Waals surface area contributed by atoms with Crippen LogP contribution in [0.4, 0.5) is 16.2 Å². The first kappa shape index (κ1) is 28.1. The zero-order valence-corrected chi connectivity index (χ0v) is 24.1. The maximum absolute atomic E-state index is 14.1. The second-order valence-electron chi connectivity index (χ2n) is 10.7. The van der Waals surface area contributed by atoms with Gasteiger partial charge in [-0.15, -0.1) is 0 Å². The van der Waals surface area contributed by atoms with Crippen molar-refractivity contribution in [2.75, 3.05) is 31.1 Å². The molecule has 210 valence electrons. The van der Waals surface area contributed by atoms with Gasteiger partial charge in [0, 0.05) is 42.3 Å². The number of ether oxygens (including phenoxy) is 1. The lowest BCUT2D eigenvalue weighted by Gasteiger charge is -2.36. The Morgan fingerprint density at radius 3 is 2.05 bits per heavy atom. The molecule has 1 aliphatic rings. The van der Waals surface area contributed by atoms with Crippen molar-refractivity contribution in [1.82, 2.24) is 14.7 Å². The van der Waals surface area contributed by atoms with Gasteiger partial charge in [0.2, 0.25) is 0 Å². The summed E-state index contributed by atoms with van der Waals surface area (Å²) in [6.07, 6.45) is 1.32. The van der Waals surface area contributed by atoms with Crippen molar-refractivity contribution in [3.63, 3.8) is 0 Å². The van der Waals surface area contributed by atoms with Crippen LogP contribution in [0.15, 0.2) is 101 Å². The summed E-state index contributed by atoms with van der Waals surface area (Å²) >= 11 is 6.24. The fraction of sp³-hybridized carbons (Fsp3) is 0.250. The largest absolute Gasteiger partial charge is 0.444 e. The van der Waals surface area contributed by atoms with E-state index in [0.29, 0.717) is 48.3 Å². The van der Waals surface area contributed by atoms with Crippen molar-refractivity contribution in [3.05, 3.63) is 118 Å². The summed E-state index contributed by atoms with van der Waals surface area (Å²) in [5, 5.41) is 5.01. The number of benzene rings is 3. The van der Waals surface area contributed by atoms with E-state index in [4.69, 9.17) is 21.3 Å². The number of amides is 1. The number of nitrogens with zero attached hydrogens (tertiary/aromatic N) is 5. The second kappa shape index (κ2) is 12.0. The van der Waals surface area contributed by atoms with Gasteiger partial charge in [-0.1, -0.05) is 78.3 Å². The van der Waals surface area contributed by atoms with E-state index in [1.165, 1.54) is 4.68 Å². The number of carbonyl (C=O) groups is 1. The van der Waals surface area contributed by atoms with Crippen LogP contribution in [0.2, 0.25) is 5.02 Å². The second-order valence-corrected chi connectivity index (χ2v) is 11.2. The number of hydrogen-bond donors (Lipinski definition) is 0. The molecular weight excluding hydrogens is 538 g/mol. The number of aliphatic imine (C=N–C) groups is 1. The summed E-state index contributed by atoms with van der Waals surface area (Å²) in [5.74, 6) is 0. The molecule has 1 aliphatic heterocycles. The number of aromatic nitrogens is 2. The SMILES string of the molecule is CC(C)(C)OC(=O)N1CCN(c2cnn(-c3cccc(Cl)c3)c(=O)c2N=C(c2ccccc2)c2ccccc2)CC1. The zero-order valence-electron chi connectivity index (χ0n) is 23.3. The van der Waals surface area contributed by atoms with Gasteiger partial charge in [0.15, 0.2) is 5.69 Å². The standard InChI is InChI=1S/C32H32ClN5O3/c1-32(2,3)41-31(40)37-19-17-36(18-20-37)27-22-34-38(26-16-10-15-25(33)21-26)30(39)29(27)35-28(23-11-6-4-7-12-23)24-13-8-5-9-14-24/h4-16,21-22H,17-20H2,1-3H3. The minimum Gasteiger partial charge on any atom is -0.444 e. The number of anilines is 1. The van der Waals surface area contributed by atoms with Gasteiger partial charge in [-0.05, 0) is 39.0 Å². The molecule has 1 aromatic heterocycles. The third kappa shape index (κ3) is 6.66. The molecule has 4 aromatic rings. The summed E-state index contributed by atoms with van der Waals surface area (Å²) in [5.41, 5.74) is 2.88. The van der Waals surface area contributed by atoms with E-state index in [-0.39, 0.29) is 17.3 Å². The van der Waals surface area contributed by atoms with E-state index in [9.17, 15) is 9.59 Å². The van der Waals surface area contributed by atoms with Crippen LogP contribution in [-0.4, -0.2) is 58.3 Å². The molecule has 0 unspecified atom stereocenters. The van der Waals surface area contributed by atoms with Crippen LogP contribution in [-0.2, 0) is 4.74 Å². The molecule has 0 spiro atoms. The monoisotopic (exact) mass is 569 g/mol. The quantitative estimate of drug-likeness (QED) is 0.271. The van der Waals surface area contributed by atoms with Crippen molar-refractivity contribution in [2.45, 2.75) is 26.4 Å². The molecule has 1 saturated heterocycles. The maximum Gasteiger partial charge on any atom is 0.410 e. The number of hydrogen-bond acceptors (Lipinski definition) is 6. The minimum atomic E-state index is -0.573. The Morgan fingerprint density at radius 1 is 0.878 bits per heavy atom. The van der Waals surface area contributed by atoms with Crippen LogP contribution in [0.1, 0.15) is 31.9 Å². The molecular formula is C32H32ClN5O3. The Morgan fingerprint density at radius 2 is 1.49 bits per heavy atom. The molecule has 0 saturated carbocycles. The van der Waals surface area contributed by atoms with Gasteiger partial charge in [0.25, 0.3) is 5.56 Å². The highest BCUT2D eigenvalue weighted by Crippen LogP contribution is 2.28. The Labute approximate surface area is 244 Å². The average molecular weight is 570 g/mol. The lowest BCUT2D eigenvalue weighted by atomic mass is 10.0. The molecule has 9 heteroatoms. The van der Waals surface area contributed by atoms with Gasteiger partial charge in [0.1, 0.15) is 5.60 Å². The minimum absolute atomic E-state index is 0.258. The molecule has 0 N–H and O–H groups in total. The molecule has 8 nitrogen and oxygen atoms in total. The number of rotatable bonds is 5. The Bertz CT molecular complexity index is 1560. The first-order chi connectivity index (χ1) is 19.7. The lowest BCUT2D eigenvalue weighted by Crippen LogP contribution is -2.50. The highest BCUT2D eigenvalue weighted by molar-refractivity contribution is 6.30. The van der Waals surface area contributed by atoms with Gasteiger partial charge in [-0.2, -0.15) is 9.78 Å². The summed E-state index contributed by atoms with van der Waals surface area (Å²) in [6, 6.07) is 26.6. The molecule has 5 rings (SSSR count). The van der Waals surface area contributed by atoms with Gasteiger partial charge in [-0.3, -0.25) is 4.79 Å². The van der Waals surface area contributed by atoms with Crippen LogP contribution in [0.3, 0.4) is 0 Å². The fourth-order valence-electron chi connectivity index (χ4n) is 4.62. The van der Waals surface area contributed by atoms with Crippen LogP contribution in [0.25, 0.3) is 5.69 Å². The molecule has 1 fully saturated rings. The molecule has 41 heavy (non-hydrogen) atoms. The normalized spacial score (nSPS) is 13.6. The van der Waals surface area contributed by atoms with E-state index in [1.54, 1.807) is 35.4 Å². The first-order valence-electron chi connectivity index (χ1n) is 13.5. The molecule has 0 aliphatic carbocycles. The Hall–Kier alpha value is -4.43. The van der Waals surface area contributed by atoms with Gasteiger partial charge >= 0.3 is 6.09 Å². The number of piperazine rings is 1. The van der Waals surface area contributed by atoms with Crippen molar-refractivity contribution >= 4 is 34.8 Å². The van der Waals surface area contributed by atoms with Crippen LogP contribution < -0.4 is 10.5 Å². The van der Waals surface area contributed by atoms with Crippen LogP contribution >= 0.6 is 11.6 Å².